The predicted octanol–water partition coefficient (Wildman–Crippen LogP) is 3.02. The molecule has 0 atom stereocenters. The van der Waals surface area contributed by atoms with Crippen molar-refractivity contribution in [3.05, 3.63) is 63.9 Å². The Kier molecular flexibility index (Phi) is 5.77. The fourth-order valence-corrected chi connectivity index (χ4v) is 3.32. The highest BCUT2D eigenvalue weighted by molar-refractivity contribution is 5.93. The van der Waals surface area contributed by atoms with Gasteiger partial charge in [0.25, 0.3) is 5.56 Å². The Morgan fingerprint density at radius 1 is 1.14 bits per heavy atom. The molecule has 2 amide bonds. The molecule has 0 radical (unpaired) electrons. The minimum Gasteiger partial charge on any atom is -0.324 e. The molecule has 3 rings (SSSR count). The second-order valence-corrected chi connectivity index (χ2v) is 6.95. The zero-order chi connectivity index (χ0) is 21.1. The molecule has 0 bridgehead atoms. The highest BCUT2D eigenvalue weighted by atomic mass is 16.2. The summed E-state index contributed by atoms with van der Waals surface area (Å²) in [6.07, 6.45) is 0. The van der Waals surface area contributed by atoms with Gasteiger partial charge in [0, 0.05) is 19.2 Å². The molecule has 1 heterocycles. The third-order valence-electron chi connectivity index (χ3n) is 4.75. The Balaban J connectivity index is 2.03. The number of aromatic nitrogens is 2. The lowest BCUT2D eigenvalue weighted by molar-refractivity contribution is -0.117. The van der Waals surface area contributed by atoms with Gasteiger partial charge in [0.2, 0.25) is 17.6 Å². The quantitative estimate of drug-likeness (QED) is 0.723. The molecule has 0 spiro atoms. The second kappa shape index (κ2) is 8.26. The number of aryl methyl sites for hydroxylation is 2. The largest absolute Gasteiger partial charge is 0.324 e. The maximum atomic E-state index is 13.1. The minimum absolute atomic E-state index is 0.0259. The second-order valence-electron chi connectivity index (χ2n) is 6.95. The van der Waals surface area contributed by atoms with Crippen LogP contribution in [0.3, 0.4) is 0 Å². The average Bonchev–Trinajstić information content (AvgIpc) is 2.67. The monoisotopic (exact) mass is 392 g/mol. The van der Waals surface area contributed by atoms with Crippen LogP contribution in [0.15, 0.2) is 47.3 Å². The molecule has 0 saturated carbocycles. The Hall–Kier alpha value is -3.48. The van der Waals surface area contributed by atoms with Crippen molar-refractivity contribution in [3.8, 4) is 0 Å². The summed E-state index contributed by atoms with van der Waals surface area (Å²) in [5, 5.41) is 2.86. The van der Waals surface area contributed by atoms with E-state index in [-0.39, 0.29) is 24.2 Å². The van der Waals surface area contributed by atoms with Crippen LogP contribution in [0.5, 0.6) is 0 Å². The van der Waals surface area contributed by atoms with E-state index in [1.807, 2.05) is 32.0 Å². The molecule has 7 nitrogen and oxygen atoms in total. The van der Waals surface area contributed by atoms with Gasteiger partial charge in [0.1, 0.15) is 6.54 Å². The summed E-state index contributed by atoms with van der Waals surface area (Å²) >= 11 is 0. The molecule has 3 aromatic rings. The highest BCUT2D eigenvalue weighted by Crippen LogP contribution is 2.17. The summed E-state index contributed by atoms with van der Waals surface area (Å²) in [5.41, 5.74) is 3.35. The van der Waals surface area contributed by atoms with Gasteiger partial charge in [-0.25, -0.2) is 4.98 Å². The average molecular weight is 392 g/mol. The van der Waals surface area contributed by atoms with Crippen LogP contribution in [-0.2, 0) is 16.1 Å². The van der Waals surface area contributed by atoms with Crippen LogP contribution in [0.25, 0.3) is 11.0 Å². The third kappa shape index (κ3) is 4.18. The van der Waals surface area contributed by atoms with Gasteiger partial charge in [0.15, 0.2) is 0 Å². The van der Waals surface area contributed by atoms with Gasteiger partial charge in [-0.15, -0.1) is 0 Å². The maximum Gasteiger partial charge on any atom is 0.294 e. The molecule has 0 saturated heterocycles. The Morgan fingerprint density at radius 3 is 2.52 bits per heavy atom. The topological polar surface area (TPSA) is 84.3 Å². The molecular formula is C22H24N4O3. The van der Waals surface area contributed by atoms with Crippen molar-refractivity contribution >= 4 is 34.4 Å². The van der Waals surface area contributed by atoms with Crippen molar-refractivity contribution in [2.24, 2.45) is 0 Å². The summed E-state index contributed by atoms with van der Waals surface area (Å²) in [6.45, 7) is 7.19. The SMILES string of the molecule is CCN(C(C)=O)c1nc2ccccc2n(CC(=O)Nc2ccc(C)cc2C)c1=O. The van der Waals surface area contributed by atoms with Crippen LogP contribution in [0.4, 0.5) is 11.5 Å². The fourth-order valence-electron chi connectivity index (χ4n) is 3.32. The van der Waals surface area contributed by atoms with Crippen molar-refractivity contribution in [2.45, 2.75) is 34.2 Å². The number of hydrogen-bond donors (Lipinski definition) is 1. The number of nitrogens with one attached hydrogen (secondary N) is 1. The first-order chi connectivity index (χ1) is 13.8. The first kappa shape index (κ1) is 20.3. The number of carbonyl (C=O) groups excluding carboxylic acids is 2. The van der Waals surface area contributed by atoms with E-state index in [9.17, 15) is 14.4 Å². The van der Waals surface area contributed by atoms with Crippen molar-refractivity contribution in [3.63, 3.8) is 0 Å². The van der Waals surface area contributed by atoms with E-state index in [1.54, 1.807) is 31.2 Å². The Labute approximate surface area is 169 Å². The number of anilines is 2. The standard InChI is InChI=1S/C22H24N4O3/c1-5-25(16(4)27)21-22(29)26(19-9-7-6-8-18(19)24-21)13-20(28)23-17-11-10-14(2)12-15(17)3/h6-12H,5,13H2,1-4H3,(H,23,28). The van der Waals surface area contributed by atoms with Crippen molar-refractivity contribution in [1.82, 2.24) is 9.55 Å². The summed E-state index contributed by atoms with van der Waals surface area (Å²) in [5.74, 6) is -0.580. The third-order valence-corrected chi connectivity index (χ3v) is 4.75. The first-order valence-electron chi connectivity index (χ1n) is 9.46. The molecule has 0 aliphatic rings. The number of hydrogen-bond acceptors (Lipinski definition) is 4. The number of fused-ring (bicyclic) bond motifs is 1. The summed E-state index contributed by atoms with van der Waals surface area (Å²) in [6, 6.07) is 12.8. The minimum atomic E-state index is -0.475. The Morgan fingerprint density at radius 2 is 1.86 bits per heavy atom. The molecule has 7 heteroatoms. The van der Waals surface area contributed by atoms with Crippen molar-refractivity contribution in [2.75, 3.05) is 16.8 Å². The lowest BCUT2D eigenvalue weighted by atomic mass is 10.1. The van der Waals surface area contributed by atoms with Crippen LogP contribution in [-0.4, -0.2) is 27.9 Å². The molecule has 1 N–H and O–H groups in total. The van der Waals surface area contributed by atoms with Crippen molar-refractivity contribution in [1.29, 1.82) is 0 Å². The lowest BCUT2D eigenvalue weighted by Crippen LogP contribution is -2.38. The van der Waals surface area contributed by atoms with Crippen LogP contribution in [0.2, 0.25) is 0 Å². The summed E-state index contributed by atoms with van der Waals surface area (Å²) in [4.78, 5) is 43.5. The van der Waals surface area contributed by atoms with Crippen LogP contribution < -0.4 is 15.8 Å². The van der Waals surface area contributed by atoms with E-state index >= 15 is 0 Å². The van der Waals surface area contributed by atoms with Crippen LogP contribution >= 0.6 is 0 Å². The van der Waals surface area contributed by atoms with Crippen LogP contribution in [0, 0.1) is 13.8 Å². The van der Waals surface area contributed by atoms with Gasteiger partial charge in [-0.05, 0) is 44.5 Å². The van der Waals surface area contributed by atoms with Crippen LogP contribution in [0.1, 0.15) is 25.0 Å². The van der Waals surface area contributed by atoms with E-state index in [0.717, 1.165) is 11.1 Å². The number of amides is 2. The molecule has 150 valence electrons. The van der Waals surface area contributed by atoms with E-state index < -0.39 is 5.56 Å². The molecule has 0 unspecified atom stereocenters. The molecule has 2 aromatic carbocycles. The number of nitrogens with zero attached hydrogens (tertiary/aromatic N) is 3. The number of carbonyl (C=O) groups is 2. The summed E-state index contributed by atoms with van der Waals surface area (Å²) < 4.78 is 1.36. The van der Waals surface area contributed by atoms with Gasteiger partial charge in [-0.1, -0.05) is 29.8 Å². The Bertz CT molecular complexity index is 1150. The zero-order valence-corrected chi connectivity index (χ0v) is 17.0. The van der Waals surface area contributed by atoms with Gasteiger partial charge in [-0.2, -0.15) is 0 Å². The molecule has 0 aliphatic heterocycles. The van der Waals surface area contributed by atoms with Gasteiger partial charge in [0.05, 0.1) is 11.0 Å². The lowest BCUT2D eigenvalue weighted by Gasteiger charge is -2.20. The molecule has 29 heavy (non-hydrogen) atoms. The molecule has 0 aliphatic carbocycles. The number of para-hydroxylation sites is 2. The number of rotatable bonds is 5. The van der Waals surface area contributed by atoms with Gasteiger partial charge in [-0.3, -0.25) is 23.9 Å². The maximum absolute atomic E-state index is 13.1. The normalized spacial score (nSPS) is 10.8. The summed E-state index contributed by atoms with van der Waals surface area (Å²) in [7, 11) is 0. The van der Waals surface area contributed by atoms with E-state index in [0.29, 0.717) is 23.3 Å². The van der Waals surface area contributed by atoms with Gasteiger partial charge >= 0.3 is 0 Å². The van der Waals surface area contributed by atoms with E-state index in [1.165, 1.54) is 16.4 Å². The smallest absolute Gasteiger partial charge is 0.294 e. The molecule has 1 aromatic heterocycles. The van der Waals surface area contributed by atoms with Gasteiger partial charge < -0.3 is 5.32 Å². The highest BCUT2D eigenvalue weighted by Gasteiger charge is 2.20. The zero-order valence-electron chi connectivity index (χ0n) is 17.0. The fraction of sp³-hybridized carbons (Fsp3) is 0.273. The van der Waals surface area contributed by atoms with E-state index in [2.05, 4.69) is 10.3 Å². The predicted molar refractivity (Wildman–Crippen MR) is 114 cm³/mol. The number of benzene rings is 2. The molecule has 0 fully saturated rings. The van der Waals surface area contributed by atoms with E-state index in [4.69, 9.17) is 0 Å². The first-order valence-corrected chi connectivity index (χ1v) is 9.46. The van der Waals surface area contributed by atoms with Crippen molar-refractivity contribution < 1.29 is 9.59 Å². The molecular weight excluding hydrogens is 368 g/mol.